The van der Waals surface area contributed by atoms with Crippen molar-refractivity contribution in [1.29, 1.82) is 0 Å². The van der Waals surface area contributed by atoms with E-state index >= 15 is 0 Å². The number of hydrogen-bond donors (Lipinski definition) is 2. The van der Waals surface area contributed by atoms with Crippen molar-refractivity contribution in [2.75, 3.05) is 19.8 Å². The van der Waals surface area contributed by atoms with Crippen molar-refractivity contribution < 1.29 is 9.53 Å². The Morgan fingerprint density at radius 3 is 2.47 bits per heavy atom. The highest BCUT2D eigenvalue weighted by atomic mass is 16.5. The lowest BCUT2D eigenvalue weighted by Crippen LogP contribution is -2.38. The Kier molecular flexibility index (Phi) is 5.99. The first-order valence-electron chi connectivity index (χ1n) is 6.57. The van der Waals surface area contributed by atoms with Gasteiger partial charge in [-0.15, -0.1) is 0 Å². The molecule has 19 heavy (non-hydrogen) atoms. The second kappa shape index (κ2) is 7.26. The van der Waals surface area contributed by atoms with E-state index in [9.17, 15) is 4.79 Å². The van der Waals surface area contributed by atoms with Crippen molar-refractivity contribution in [2.45, 2.75) is 26.8 Å². The summed E-state index contributed by atoms with van der Waals surface area (Å²) in [4.78, 5) is 11.9. The Hall–Kier alpha value is -1.39. The fourth-order valence-electron chi connectivity index (χ4n) is 1.90. The molecular weight excluding hydrogens is 240 g/mol. The van der Waals surface area contributed by atoms with Gasteiger partial charge in [0.05, 0.1) is 12.6 Å². The van der Waals surface area contributed by atoms with E-state index < -0.39 is 0 Å². The molecule has 0 radical (unpaired) electrons. The van der Waals surface area contributed by atoms with Gasteiger partial charge in [-0.2, -0.15) is 0 Å². The molecule has 0 bridgehead atoms. The molecule has 1 aromatic rings. The highest BCUT2D eigenvalue weighted by Gasteiger charge is 2.27. The zero-order chi connectivity index (χ0) is 14.3. The molecular formula is C15H24N2O2. The van der Waals surface area contributed by atoms with Crippen LogP contribution in [0.3, 0.4) is 0 Å². The zero-order valence-electron chi connectivity index (χ0n) is 12.0. The van der Waals surface area contributed by atoms with E-state index in [0.29, 0.717) is 13.2 Å². The normalized spacial score (nSPS) is 13.1. The third-order valence-electron chi connectivity index (χ3n) is 2.80. The van der Waals surface area contributed by atoms with Crippen LogP contribution in [-0.2, 0) is 9.53 Å². The molecule has 0 aliphatic rings. The number of benzene rings is 1. The van der Waals surface area contributed by atoms with Gasteiger partial charge in [0.25, 0.3) is 0 Å². The predicted octanol–water partition coefficient (Wildman–Crippen LogP) is 1.87. The molecule has 1 aromatic carbocycles. The first-order chi connectivity index (χ1) is 8.95. The lowest BCUT2D eigenvalue weighted by Gasteiger charge is -2.32. The van der Waals surface area contributed by atoms with E-state index in [4.69, 9.17) is 10.5 Å². The number of carbonyl (C=O) groups excluding carboxylic acids is 1. The van der Waals surface area contributed by atoms with E-state index in [1.807, 2.05) is 30.3 Å². The second-order valence-electron chi connectivity index (χ2n) is 5.62. The fourth-order valence-corrected chi connectivity index (χ4v) is 1.90. The maximum atomic E-state index is 11.9. The highest BCUT2D eigenvalue weighted by Crippen LogP contribution is 2.32. The van der Waals surface area contributed by atoms with Crippen LogP contribution in [0.2, 0.25) is 0 Å². The maximum Gasteiger partial charge on any atom is 0.246 e. The Balaban J connectivity index is 2.69. The average molecular weight is 264 g/mol. The number of nitrogens with one attached hydrogen (secondary N) is 1. The summed E-state index contributed by atoms with van der Waals surface area (Å²) in [6.07, 6.45) is 0. The van der Waals surface area contributed by atoms with Crippen LogP contribution in [0.25, 0.3) is 0 Å². The van der Waals surface area contributed by atoms with Gasteiger partial charge in [0.2, 0.25) is 5.91 Å². The van der Waals surface area contributed by atoms with Gasteiger partial charge in [-0.05, 0) is 11.0 Å². The van der Waals surface area contributed by atoms with Gasteiger partial charge in [-0.3, -0.25) is 4.79 Å². The Morgan fingerprint density at radius 1 is 1.32 bits per heavy atom. The molecule has 3 N–H and O–H groups in total. The van der Waals surface area contributed by atoms with Gasteiger partial charge in [0, 0.05) is 6.54 Å². The molecule has 0 fully saturated rings. The van der Waals surface area contributed by atoms with Gasteiger partial charge < -0.3 is 15.8 Å². The summed E-state index contributed by atoms with van der Waals surface area (Å²) in [5, 5.41) is 3.03. The topological polar surface area (TPSA) is 64.3 Å². The molecule has 0 saturated heterocycles. The second-order valence-corrected chi connectivity index (χ2v) is 5.62. The Bertz CT molecular complexity index is 385. The third kappa shape index (κ3) is 5.41. The molecule has 1 atom stereocenters. The van der Waals surface area contributed by atoms with Crippen LogP contribution in [0, 0.1) is 5.41 Å². The van der Waals surface area contributed by atoms with Crippen LogP contribution in [-0.4, -0.2) is 25.7 Å². The summed E-state index contributed by atoms with van der Waals surface area (Å²) < 4.78 is 5.16. The molecule has 1 unspecified atom stereocenters. The van der Waals surface area contributed by atoms with Crippen LogP contribution in [0.4, 0.5) is 0 Å². The minimum absolute atomic E-state index is 0.0392. The van der Waals surface area contributed by atoms with Crippen molar-refractivity contribution in [3.05, 3.63) is 35.9 Å². The largest absolute Gasteiger partial charge is 0.370 e. The standard InChI is InChI=1S/C15H24N2O2/c1-15(2,3)14(12-7-5-4-6-8-12)17-13(18)11-19-10-9-16/h4-8,14H,9-11,16H2,1-3H3,(H,17,18). The number of nitrogens with two attached hydrogens (primary N) is 1. The number of hydrogen-bond acceptors (Lipinski definition) is 3. The van der Waals surface area contributed by atoms with Crippen LogP contribution < -0.4 is 11.1 Å². The minimum atomic E-state index is -0.114. The summed E-state index contributed by atoms with van der Waals surface area (Å²) in [7, 11) is 0. The van der Waals surface area contributed by atoms with Gasteiger partial charge >= 0.3 is 0 Å². The van der Waals surface area contributed by atoms with E-state index in [0.717, 1.165) is 5.56 Å². The molecule has 0 saturated carbocycles. The summed E-state index contributed by atoms with van der Waals surface area (Å²) in [5.74, 6) is -0.114. The SMILES string of the molecule is CC(C)(C)C(NC(=O)COCCN)c1ccccc1. The smallest absolute Gasteiger partial charge is 0.246 e. The van der Waals surface area contributed by atoms with Crippen molar-refractivity contribution in [3.8, 4) is 0 Å². The fraction of sp³-hybridized carbons (Fsp3) is 0.533. The molecule has 4 nitrogen and oxygen atoms in total. The zero-order valence-corrected chi connectivity index (χ0v) is 12.0. The Morgan fingerprint density at radius 2 is 1.95 bits per heavy atom. The molecule has 0 aromatic heterocycles. The van der Waals surface area contributed by atoms with Crippen LogP contribution in [0.15, 0.2) is 30.3 Å². The Labute approximate surface area is 115 Å². The van der Waals surface area contributed by atoms with Crippen LogP contribution in [0.1, 0.15) is 32.4 Å². The number of rotatable bonds is 6. The molecule has 1 rings (SSSR count). The van der Waals surface area contributed by atoms with Gasteiger partial charge in [0.1, 0.15) is 6.61 Å². The molecule has 4 heteroatoms. The summed E-state index contributed by atoms with van der Waals surface area (Å²) in [5.41, 5.74) is 6.35. The molecule has 0 aliphatic heterocycles. The molecule has 106 valence electrons. The molecule has 0 aliphatic carbocycles. The number of amides is 1. The lowest BCUT2D eigenvalue weighted by atomic mass is 9.82. The summed E-state index contributed by atoms with van der Waals surface area (Å²) in [6.45, 7) is 7.19. The van der Waals surface area contributed by atoms with Gasteiger partial charge in [0.15, 0.2) is 0 Å². The minimum Gasteiger partial charge on any atom is -0.370 e. The molecule has 1 amide bonds. The number of carbonyl (C=O) groups is 1. The molecule has 0 spiro atoms. The van der Waals surface area contributed by atoms with Gasteiger partial charge in [-0.1, -0.05) is 51.1 Å². The quantitative estimate of drug-likeness (QED) is 0.771. The average Bonchev–Trinajstić information content (AvgIpc) is 2.36. The van der Waals surface area contributed by atoms with Gasteiger partial charge in [-0.25, -0.2) is 0 Å². The third-order valence-corrected chi connectivity index (χ3v) is 2.80. The van der Waals surface area contributed by atoms with E-state index in [-0.39, 0.29) is 24.0 Å². The van der Waals surface area contributed by atoms with Crippen molar-refractivity contribution in [1.82, 2.24) is 5.32 Å². The summed E-state index contributed by atoms with van der Waals surface area (Å²) >= 11 is 0. The van der Waals surface area contributed by atoms with Crippen molar-refractivity contribution in [3.63, 3.8) is 0 Å². The predicted molar refractivity (Wildman–Crippen MR) is 76.7 cm³/mol. The van der Waals surface area contributed by atoms with Crippen LogP contribution in [0.5, 0.6) is 0 Å². The van der Waals surface area contributed by atoms with Crippen molar-refractivity contribution >= 4 is 5.91 Å². The molecule has 0 heterocycles. The van der Waals surface area contributed by atoms with E-state index in [1.165, 1.54) is 0 Å². The first kappa shape index (κ1) is 15.7. The van der Waals surface area contributed by atoms with Crippen LogP contribution >= 0.6 is 0 Å². The highest BCUT2D eigenvalue weighted by molar-refractivity contribution is 5.77. The number of ether oxygens (including phenoxy) is 1. The summed E-state index contributed by atoms with van der Waals surface area (Å²) in [6, 6.07) is 9.93. The maximum absolute atomic E-state index is 11.9. The first-order valence-corrected chi connectivity index (χ1v) is 6.57. The van der Waals surface area contributed by atoms with E-state index in [1.54, 1.807) is 0 Å². The van der Waals surface area contributed by atoms with Crippen molar-refractivity contribution in [2.24, 2.45) is 11.1 Å². The van der Waals surface area contributed by atoms with E-state index in [2.05, 4.69) is 26.1 Å². The lowest BCUT2D eigenvalue weighted by molar-refractivity contribution is -0.127. The monoisotopic (exact) mass is 264 g/mol.